The summed E-state index contributed by atoms with van der Waals surface area (Å²) >= 11 is 0. The Morgan fingerprint density at radius 3 is 2.45 bits per heavy atom. The van der Waals surface area contributed by atoms with E-state index in [2.05, 4.69) is 0 Å². The Morgan fingerprint density at radius 2 is 2.27 bits per heavy atom. The van der Waals surface area contributed by atoms with Crippen molar-refractivity contribution >= 4 is 43.7 Å². The molecule has 4 nitrogen and oxygen atoms in total. The minimum atomic E-state index is -0.967. The van der Waals surface area contributed by atoms with Gasteiger partial charge in [-0.25, -0.2) is 4.79 Å². The van der Waals surface area contributed by atoms with Crippen LogP contribution in [0.5, 0.6) is 0 Å². The molecule has 1 fully saturated rings. The fourth-order valence-electron chi connectivity index (χ4n) is 0.809. The topological polar surface area (TPSA) is 55.8 Å². The van der Waals surface area contributed by atoms with E-state index in [0.29, 0.717) is 0 Å². The van der Waals surface area contributed by atoms with Crippen LogP contribution in [0.15, 0.2) is 0 Å². The molecule has 62 valence electrons. The van der Waals surface area contributed by atoms with Gasteiger partial charge in [0.15, 0.2) is 11.9 Å². The van der Waals surface area contributed by atoms with Crippen LogP contribution in [-0.4, -0.2) is 67.3 Å². The molecule has 1 aliphatic rings. The Labute approximate surface area is 97.8 Å². The predicted molar refractivity (Wildman–Crippen MR) is 40.5 cm³/mol. The quantitative estimate of drug-likeness (QED) is 0.591. The summed E-state index contributed by atoms with van der Waals surface area (Å²) < 4.78 is 10.00. The minimum absolute atomic E-state index is 0. The van der Waals surface area contributed by atoms with Crippen LogP contribution in [0.25, 0.3) is 0 Å². The molecule has 0 aromatic heterocycles. The largest absolute Gasteiger partial charge is 2.00 e. The molecule has 0 amide bonds. The van der Waals surface area contributed by atoms with Gasteiger partial charge < -0.3 is 17.4 Å². The molecule has 0 aliphatic carbocycles. The van der Waals surface area contributed by atoms with Crippen LogP contribution in [-0.2, 0) is 14.3 Å². The molecule has 1 unspecified atom stereocenters. The second kappa shape index (κ2) is 4.05. The molecule has 0 aromatic rings. The molecule has 0 aromatic carbocycles. The number of ether oxygens (including phenoxy) is 2. The molecule has 1 aliphatic heterocycles. The molecule has 0 saturated carbocycles. The summed E-state index contributed by atoms with van der Waals surface area (Å²) in [5.41, 5.74) is 0. The van der Waals surface area contributed by atoms with Crippen molar-refractivity contribution in [3.63, 3.8) is 0 Å². The van der Waals surface area contributed by atoms with Crippen molar-refractivity contribution in [1.82, 2.24) is 0 Å². The van der Waals surface area contributed by atoms with E-state index in [1.54, 1.807) is 13.8 Å². The maximum atomic E-state index is 10.3. The van der Waals surface area contributed by atoms with Crippen LogP contribution in [0.2, 0.25) is 0 Å². The van der Waals surface area contributed by atoms with Gasteiger partial charge >= 0.3 is 43.7 Å². The van der Waals surface area contributed by atoms with Crippen LogP contribution in [0, 0.1) is 0 Å². The van der Waals surface area contributed by atoms with Gasteiger partial charge in [0.1, 0.15) is 0 Å². The van der Waals surface area contributed by atoms with Crippen molar-refractivity contribution in [2.24, 2.45) is 0 Å². The summed E-state index contributed by atoms with van der Waals surface area (Å²) in [5, 5.41) is 8.44. The van der Waals surface area contributed by atoms with Crippen LogP contribution in [0.3, 0.4) is 0 Å². The molecular weight excluding hydrogens is 176 g/mol. The van der Waals surface area contributed by atoms with E-state index < -0.39 is 17.9 Å². The Kier molecular flexibility index (Phi) is 4.29. The van der Waals surface area contributed by atoms with Crippen LogP contribution in [0.4, 0.5) is 0 Å². The second-order valence-corrected chi connectivity index (χ2v) is 2.66. The first-order valence-corrected chi connectivity index (χ1v) is 3.06. The summed E-state index contributed by atoms with van der Waals surface area (Å²) in [5.74, 6) is -1.70. The predicted octanol–water partition coefficient (Wildman–Crippen LogP) is 0.0667. The van der Waals surface area contributed by atoms with E-state index in [1.807, 2.05) is 0 Å². The first-order chi connectivity index (χ1) is 4.51. The van der Waals surface area contributed by atoms with E-state index in [-0.39, 0.29) is 47.2 Å². The molecular formula is C6H12CaO4. The van der Waals surface area contributed by atoms with E-state index in [9.17, 15) is 4.79 Å². The van der Waals surface area contributed by atoms with Crippen LogP contribution >= 0.6 is 0 Å². The van der Waals surface area contributed by atoms with Crippen LogP contribution < -0.4 is 0 Å². The van der Waals surface area contributed by atoms with Crippen molar-refractivity contribution in [3.05, 3.63) is 0 Å². The van der Waals surface area contributed by atoms with Gasteiger partial charge in [0, 0.05) is 0 Å². The fraction of sp³-hybridized carbons (Fsp3) is 0.833. The SMILES string of the molecule is CC1(C)OCC(C(=O)O)O1.[Ca+2].[H-].[H-]. The van der Waals surface area contributed by atoms with Gasteiger partial charge in [0.05, 0.1) is 6.61 Å². The monoisotopic (exact) mass is 188 g/mol. The maximum Gasteiger partial charge on any atom is 2.00 e. The fourth-order valence-corrected chi connectivity index (χ4v) is 0.809. The summed E-state index contributed by atoms with van der Waals surface area (Å²) in [7, 11) is 0. The molecule has 1 rings (SSSR count). The number of carboxylic acids is 1. The van der Waals surface area contributed by atoms with Gasteiger partial charge in [-0.05, 0) is 13.8 Å². The smallest absolute Gasteiger partial charge is 1.00 e. The van der Waals surface area contributed by atoms with Gasteiger partial charge in [-0.1, -0.05) is 0 Å². The number of carboxylic acid groups (broad SMARTS) is 1. The Hall–Kier alpha value is 0.650. The van der Waals surface area contributed by atoms with Crippen LogP contribution in [0.1, 0.15) is 16.7 Å². The Morgan fingerprint density at radius 1 is 1.73 bits per heavy atom. The number of aliphatic carboxylic acids is 1. The molecule has 0 spiro atoms. The summed E-state index contributed by atoms with van der Waals surface area (Å²) in [6, 6.07) is 0. The van der Waals surface area contributed by atoms with Crippen molar-refractivity contribution in [2.45, 2.75) is 25.7 Å². The zero-order chi connectivity index (χ0) is 7.78. The van der Waals surface area contributed by atoms with E-state index in [0.717, 1.165) is 0 Å². The molecule has 1 saturated heterocycles. The van der Waals surface area contributed by atoms with Gasteiger partial charge in [0.2, 0.25) is 0 Å². The first-order valence-electron chi connectivity index (χ1n) is 3.06. The molecule has 0 radical (unpaired) electrons. The Bertz CT molecular complexity index is 165. The number of rotatable bonds is 1. The van der Waals surface area contributed by atoms with E-state index in [4.69, 9.17) is 14.6 Å². The van der Waals surface area contributed by atoms with E-state index >= 15 is 0 Å². The summed E-state index contributed by atoms with van der Waals surface area (Å²) in [6.07, 6.45) is -0.796. The molecule has 1 N–H and O–H groups in total. The van der Waals surface area contributed by atoms with Crippen molar-refractivity contribution in [1.29, 1.82) is 0 Å². The number of carbonyl (C=O) groups is 1. The zero-order valence-corrected chi connectivity index (χ0v) is 8.87. The summed E-state index contributed by atoms with van der Waals surface area (Å²) in [4.78, 5) is 10.3. The maximum absolute atomic E-state index is 10.3. The zero-order valence-electron chi connectivity index (χ0n) is 8.66. The third kappa shape index (κ3) is 3.25. The normalized spacial score (nSPS) is 27.6. The van der Waals surface area contributed by atoms with Gasteiger partial charge in [-0.3, -0.25) is 0 Å². The Balaban J connectivity index is -0.000000333. The molecule has 5 heteroatoms. The minimum Gasteiger partial charge on any atom is -1.00 e. The first kappa shape index (κ1) is 11.6. The summed E-state index contributed by atoms with van der Waals surface area (Å²) in [6.45, 7) is 3.52. The molecule has 11 heavy (non-hydrogen) atoms. The van der Waals surface area contributed by atoms with Gasteiger partial charge in [-0.2, -0.15) is 0 Å². The average molecular weight is 188 g/mol. The van der Waals surface area contributed by atoms with Gasteiger partial charge in [0.25, 0.3) is 0 Å². The number of hydrogen-bond acceptors (Lipinski definition) is 3. The second-order valence-electron chi connectivity index (χ2n) is 2.66. The third-order valence-corrected chi connectivity index (χ3v) is 1.28. The van der Waals surface area contributed by atoms with Gasteiger partial charge in [-0.15, -0.1) is 0 Å². The molecule has 1 atom stereocenters. The van der Waals surface area contributed by atoms with E-state index in [1.165, 1.54) is 0 Å². The standard InChI is InChI=1S/C6H10O4.Ca.2H/c1-6(2)9-3-4(10-6)5(7)8;;;/h4H,3H2,1-2H3,(H,7,8);;;/q;+2;2*-1. The molecule has 1 heterocycles. The van der Waals surface area contributed by atoms with Crippen molar-refractivity contribution < 1.29 is 22.2 Å². The van der Waals surface area contributed by atoms with Crippen molar-refractivity contribution in [2.75, 3.05) is 6.61 Å². The third-order valence-electron chi connectivity index (χ3n) is 1.28. The number of hydrogen-bond donors (Lipinski definition) is 1. The van der Waals surface area contributed by atoms with Crippen molar-refractivity contribution in [3.8, 4) is 0 Å². The molecule has 0 bridgehead atoms. The average Bonchev–Trinajstić information content (AvgIpc) is 2.10.